The lowest BCUT2D eigenvalue weighted by Gasteiger charge is -2.21. The van der Waals surface area contributed by atoms with Gasteiger partial charge in [0.25, 0.3) is 5.91 Å². The Morgan fingerprint density at radius 3 is 2.50 bits per heavy atom. The average Bonchev–Trinajstić information content (AvgIpc) is 2.59. The van der Waals surface area contributed by atoms with Gasteiger partial charge in [-0.1, -0.05) is 29.8 Å². The first-order valence-electron chi connectivity index (χ1n) is 8.23. The summed E-state index contributed by atoms with van der Waals surface area (Å²) in [6.45, 7) is 0.0530. The van der Waals surface area contributed by atoms with Gasteiger partial charge in [0.1, 0.15) is 0 Å². The van der Waals surface area contributed by atoms with Gasteiger partial charge in [-0.15, -0.1) is 0 Å². The quantitative estimate of drug-likeness (QED) is 0.709. The topological polar surface area (TPSA) is 64.8 Å². The average molecular weight is 417 g/mol. The number of primary amides is 1. The number of hydrogen-bond acceptors (Lipinski definition) is 4. The molecule has 152 valence electrons. The van der Waals surface area contributed by atoms with Crippen LogP contribution in [0.5, 0.6) is 11.5 Å². The molecule has 0 aliphatic heterocycles. The van der Waals surface area contributed by atoms with E-state index in [1.165, 1.54) is 19.2 Å². The molecular weight excluding hydrogens is 397 g/mol. The first-order chi connectivity index (χ1) is 13.1. The molecule has 0 saturated carbocycles. The fraction of sp³-hybridized carbons (Fsp3) is 0.316. The van der Waals surface area contributed by atoms with Gasteiger partial charge in [0.15, 0.2) is 18.1 Å². The Hall–Kier alpha value is -2.45. The van der Waals surface area contributed by atoms with Gasteiger partial charge in [0.05, 0.1) is 17.7 Å². The van der Waals surface area contributed by atoms with Crippen LogP contribution >= 0.6 is 11.6 Å². The monoisotopic (exact) mass is 416 g/mol. The van der Waals surface area contributed by atoms with Crippen LogP contribution in [-0.2, 0) is 24.1 Å². The van der Waals surface area contributed by atoms with Crippen LogP contribution in [0.2, 0.25) is 5.02 Å². The SMILES string of the molecule is COc1cc(CN(C)Cc2ccccc2C(F)(F)F)cc(Cl)c1OCC(N)=O. The summed E-state index contributed by atoms with van der Waals surface area (Å²) in [5.41, 5.74) is 5.29. The highest BCUT2D eigenvalue weighted by Crippen LogP contribution is 2.37. The Kier molecular flexibility index (Phi) is 7.15. The minimum atomic E-state index is -4.41. The van der Waals surface area contributed by atoms with E-state index in [2.05, 4.69) is 0 Å². The van der Waals surface area contributed by atoms with Crippen LogP contribution in [-0.4, -0.2) is 31.6 Å². The minimum absolute atomic E-state index is 0.0928. The molecule has 0 bridgehead atoms. The summed E-state index contributed by atoms with van der Waals surface area (Å²) in [7, 11) is 3.11. The van der Waals surface area contributed by atoms with Gasteiger partial charge in [-0.3, -0.25) is 9.69 Å². The van der Waals surface area contributed by atoms with Gasteiger partial charge in [0.2, 0.25) is 0 Å². The molecular formula is C19H20ClF3N2O3. The summed E-state index contributed by atoms with van der Waals surface area (Å²) in [5.74, 6) is -0.185. The first-order valence-corrected chi connectivity index (χ1v) is 8.60. The molecule has 1 amide bonds. The highest BCUT2D eigenvalue weighted by molar-refractivity contribution is 6.32. The molecule has 2 N–H and O–H groups in total. The van der Waals surface area contributed by atoms with E-state index in [0.717, 1.165) is 6.07 Å². The minimum Gasteiger partial charge on any atom is -0.493 e. The lowest BCUT2D eigenvalue weighted by atomic mass is 10.1. The summed E-state index contributed by atoms with van der Waals surface area (Å²) < 4.78 is 49.9. The number of alkyl halides is 3. The Bertz CT molecular complexity index is 844. The second kappa shape index (κ2) is 9.16. The van der Waals surface area contributed by atoms with Crippen molar-refractivity contribution in [2.75, 3.05) is 20.8 Å². The number of nitrogens with two attached hydrogens (primary N) is 1. The predicted octanol–water partition coefficient (Wildman–Crippen LogP) is 3.86. The Morgan fingerprint density at radius 2 is 1.89 bits per heavy atom. The third-order valence-corrected chi connectivity index (χ3v) is 4.14. The van der Waals surface area contributed by atoms with Crippen molar-refractivity contribution < 1.29 is 27.4 Å². The number of ether oxygens (including phenoxy) is 2. The molecule has 0 radical (unpaired) electrons. The zero-order valence-corrected chi connectivity index (χ0v) is 16.1. The Morgan fingerprint density at radius 1 is 1.21 bits per heavy atom. The maximum absolute atomic E-state index is 13.2. The zero-order chi connectivity index (χ0) is 20.9. The van der Waals surface area contributed by atoms with E-state index in [1.54, 1.807) is 30.1 Å². The molecule has 5 nitrogen and oxygen atoms in total. The molecule has 0 aliphatic rings. The van der Waals surface area contributed by atoms with Gasteiger partial charge >= 0.3 is 6.18 Å². The van der Waals surface area contributed by atoms with Crippen molar-refractivity contribution in [2.45, 2.75) is 19.3 Å². The molecule has 0 fully saturated rings. The molecule has 0 atom stereocenters. The number of methoxy groups -OCH3 is 1. The van der Waals surface area contributed by atoms with Crippen molar-refractivity contribution in [1.82, 2.24) is 4.90 Å². The zero-order valence-electron chi connectivity index (χ0n) is 15.3. The van der Waals surface area contributed by atoms with E-state index in [0.29, 0.717) is 17.9 Å². The number of halogens is 4. The molecule has 2 aromatic carbocycles. The number of carbonyl (C=O) groups is 1. The van der Waals surface area contributed by atoms with E-state index < -0.39 is 17.6 Å². The normalized spacial score (nSPS) is 11.5. The number of nitrogens with zero attached hydrogens (tertiary/aromatic N) is 1. The second-order valence-electron chi connectivity index (χ2n) is 6.19. The van der Waals surface area contributed by atoms with Crippen molar-refractivity contribution in [2.24, 2.45) is 5.73 Å². The van der Waals surface area contributed by atoms with Crippen molar-refractivity contribution in [3.8, 4) is 11.5 Å². The van der Waals surface area contributed by atoms with E-state index in [4.69, 9.17) is 26.8 Å². The van der Waals surface area contributed by atoms with E-state index in [1.807, 2.05) is 0 Å². The molecule has 0 aromatic heterocycles. The molecule has 2 rings (SSSR count). The summed E-state index contributed by atoms with van der Waals surface area (Å²) in [5, 5.41) is 0.208. The van der Waals surface area contributed by atoms with Crippen molar-refractivity contribution in [3.63, 3.8) is 0 Å². The molecule has 0 aliphatic carbocycles. The molecule has 0 spiro atoms. The van der Waals surface area contributed by atoms with Gasteiger partial charge < -0.3 is 15.2 Å². The van der Waals surface area contributed by atoms with Gasteiger partial charge in [0, 0.05) is 13.1 Å². The summed E-state index contributed by atoms with van der Waals surface area (Å²) >= 11 is 6.20. The lowest BCUT2D eigenvalue weighted by Crippen LogP contribution is -2.21. The highest BCUT2D eigenvalue weighted by atomic mass is 35.5. The number of amides is 1. The van der Waals surface area contributed by atoms with Crippen LogP contribution in [0.15, 0.2) is 36.4 Å². The molecule has 0 heterocycles. The molecule has 0 unspecified atom stereocenters. The summed E-state index contributed by atoms with van der Waals surface area (Å²) in [6.07, 6.45) is -4.41. The third-order valence-electron chi connectivity index (χ3n) is 3.86. The third kappa shape index (κ3) is 5.77. The maximum Gasteiger partial charge on any atom is 0.416 e. The van der Waals surface area contributed by atoms with Crippen molar-refractivity contribution in [1.29, 1.82) is 0 Å². The van der Waals surface area contributed by atoms with Crippen LogP contribution in [0.1, 0.15) is 16.7 Å². The fourth-order valence-corrected chi connectivity index (χ4v) is 3.03. The number of benzene rings is 2. The largest absolute Gasteiger partial charge is 0.493 e. The van der Waals surface area contributed by atoms with Crippen molar-refractivity contribution in [3.05, 3.63) is 58.1 Å². The van der Waals surface area contributed by atoms with Gasteiger partial charge in [-0.2, -0.15) is 13.2 Å². The highest BCUT2D eigenvalue weighted by Gasteiger charge is 2.33. The summed E-state index contributed by atoms with van der Waals surface area (Å²) in [6, 6.07) is 8.70. The van der Waals surface area contributed by atoms with E-state index in [9.17, 15) is 18.0 Å². The van der Waals surface area contributed by atoms with E-state index >= 15 is 0 Å². The number of rotatable bonds is 8. The smallest absolute Gasteiger partial charge is 0.416 e. The second-order valence-corrected chi connectivity index (χ2v) is 6.60. The molecule has 28 heavy (non-hydrogen) atoms. The van der Waals surface area contributed by atoms with Crippen LogP contribution in [0.4, 0.5) is 13.2 Å². The molecule has 9 heteroatoms. The van der Waals surface area contributed by atoms with Crippen LogP contribution < -0.4 is 15.2 Å². The fourth-order valence-electron chi connectivity index (χ4n) is 2.74. The van der Waals surface area contributed by atoms with Gasteiger partial charge in [-0.25, -0.2) is 0 Å². The van der Waals surface area contributed by atoms with Gasteiger partial charge in [-0.05, 0) is 36.4 Å². The number of carbonyl (C=O) groups excluding carboxylic acids is 1. The van der Waals surface area contributed by atoms with Crippen molar-refractivity contribution >= 4 is 17.5 Å². The maximum atomic E-state index is 13.2. The lowest BCUT2D eigenvalue weighted by molar-refractivity contribution is -0.138. The first kappa shape index (κ1) is 21.8. The Balaban J connectivity index is 2.18. The van der Waals surface area contributed by atoms with E-state index in [-0.39, 0.29) is 29.5 Å². The molecule has 2 aromatic rings. The molecule has 0 saturated heterocycles. The Labute approximate surface area is 165 Å². The summed E-state index contributed by atoms with van der Waals surface area (Å²) in [4.78, 5) is 12.6. The number of hydrogen-bond donors (Lipinski definition) is 1. The predicted molar refractivity (Wildman–Crippen MR) is 99.3 cm³/mol. The van der Waals surface area contributed by atoms with Crippen LogP contribution in [0.25, 0.3) is 0 Å². The standard InChI is InChI=1S/C19H20ClF3N2O3/c1-25(10-13-5-3-4-6-14(13)19(21,22)23)9-12-7-15(20)18(16(8-12)27-2)28-11-17(24)26/h3-8H,9-11H2,1-2H3,(H2,24,26). The van der Waals surface area contributed by atoms with Crippen LogP contribution in [0.3, 0.4) is 0 Å². The van der Waals surface area contributed by atoms with Crippen LogP contribution in [0, 0.1) is 0 Å².